The summed E-state index contributed by atoms with van der Waals surface area (Å²) in [5, 5.41) is 14.3. The summed E-state index contributed by atoms with van der Waals surface area (Å²) in [6.07, 6.45) is 0. The van der Waals surface area contributed by atoms with Crippen LogP contribution in [0.4, 0.5) is 5.69 Å². The number of amides is 2. The molecule has 0 saturated heterocycles. The van der Waals surface area contributed by atoms with Gasteiger partial charge in [-0.2, -0.15) is 0 Å². The molecule has 0 fully saturated rings. The number of benzene rings is 2. The van der Waals surface area contributed by atoms with Crippen molar-refractivity contribution in [1.82, 2.24) is 15.5 Å². The summed E-state index contributed by atoms with van der Waals surface area (Å²) in [4.78, 5) is 24.1. The van der Waals surface area contributed by atoms with Crippen molar-refractivity contribution in [2.45, 2.75) is 10.9 Å². The predicted octanol–water partition coefficient (Wildman–Crippen LogP) is 3.85. The standard InChI is InChI=1S/C18H15ClN4O2S2/c19-13-6-4-5-12(9-13)10-20-15(24)11-26-18-23-22-17(27-18)16(25)21-14-7-2-1-3-8-14/h1-9H,10-11H2,(H,20,24)(H,21,25). The Bertz CT molecular complexity index is 934. The van der Waals surface area contributed by atoms with E-state index < -0.39 is 0 Å². The van der Waals surface area contributed by atoms with Crippen molar-refractivity contribution in [2.75, 3.05) is 11.1 Å². The molecule has 138 valence electrons. The topological polar surface area (TPSA) is 84.0 Å². The molecular formula is C18H15ClN4O2S2. The van der Waals surface area contributed by atoms with E-state index in [4.69, 9.17) is 11.6 Å². The highest BCUT2D eigenvalue weighted by Gasteiger charge is 2.14. The number of hydrogen-bond acceptors (Lipinski definition) is 6. The molecule has 0 saturated carbocycles. The van der Waals surface area contributed by atoms with Gasteiger partial charge in [0.1, 0.15) is 0 Å². The van der Waals surface area contributed by atoms with Gasteiger partial charge in [0.25, 0.3) is 5.91 Å². The monoisotopic (exact) mass is 418 g/mol. The minimum atomic E-state index is -0.323. The molecule has 0 aliphatic heterocycles. The number of thioether (sulfide) groups is 1. The van der Waals surface area contributed by atoms with Crippen LogP contribution in [0.1, 0.15) is 15.4 Å². The summed E-state index contributed by atoms with van der Waals surface area (Å²) in [6, 6.07) is 16.4. The van der Waals surface area contributed by atoms with Crippen LogP contribution in [0, 0.1) is 0 Å². The summed E-state index contributed by atoms with van der Waals surface area (Å²) in [5.41, 5.74) is 1.61. The molecular weight excluding hydrogens is 404 g/mol. The quantitative estimate of drug-likeness (QED) is 0.569. The van der Waals surface area contributed by atoms with Gasteiger partial charge in [-0.05, 0) is 29.8 Å². The normalized spacial score (nSPS) is 10.4. The zero-order chi connectivity index (χ0) is 19.1. The molecule has 0 aliphatic rings. The van der Waals surface area contributed by atoms with Crippen LogP contribution in [0.25, 0.3) is 0 Å². The van der Waals surface area contributed by atoms with Crippen molar-refractivity contribution < 1.29 is 9.59 Å². The first kappa shape index (κ1) is 19.3. The molecule has 2 N–H and O–H groups in total. The molecule has 1 aromatic heterocycles. The molecule has 0 bridgehead atoms. The number of aromatic nitrogens is 2. The van der Waals surface area contributed by atoms with E-state index in [0.717, 1.165) is 16.9 Å². The molecule has 0 aliphatic carbocycles. The first-order chi connectivity index (χ1) is 13.1. The molecule has 0 atom stereocenters. The molecule has 2 aromatic carbocycles. The van der Waals surface area contributed by atoms with E-state index in [-0.39, 0.29) is 22.6 Å². The highest BCUT2D eigenvalue weighted by molar-refractivity contribution is 8.01. The van der Waals surface area contributed by atoms with Crippen LogP contribution < -0.4 is 10.6 Å². The summed E-state index contributed by atoms with van der Waals surface area (Å²) in [7, 11) is 0. The van der Waals surface area contributed by atoms with Crippen LogP contribution in [0.15, 0.2) is 58.9 Å². The van der Waals surface area contributed by atoms with Gasteiger partial charge >= 0.3 is 0 Å². The zero-order valence-corrected chi connectivity index (χ0v) is 16.4. The largest absolute Gasteiger partial charge is 0.351 e. The first-order valence-corrected chi connectivity index (χ1v) is 10.1. The van der Waals surface area contributed by atoms with E-state index in [9.17, 15) is 9.59 Å². The molecule has 27 heavy (non-hydrogen) atoms. The highest BCUT2D eigenvalue weighted by Crippen LogP contribution is 2.23. The number of carbonyl (C=O) groups is 2. The van der Waals surface area contributed by atoms with Crippen LogP contribution in [0.2, 0.25) is 5.02 Å². The lowest BCUT2D eigenvalue weighted by Gasteiger charge is -2.04. The first-order valence-electron chi connectivity index (χ1n) is 7.94. The third-order valence-corrected chi connectivity index (χ3v) is 5.63. The van der Waals surface area contributed by atoms with E-state index in [1.54, 1.807) is 24.3 Å². The van der Waals surface area contributed by atoms with Crippen molar-refractivity contribution in [3.63, 3.8) is 0 Å². The van der Waals surface area contributed by atoms with Crippen molar-refractivity contribution in [1.29, 1.82) is 0 Å². The van der Waals surface area contributed by atoms with Gasteiger partial charge in [-0.25, -0.2) is 0 Å². The van der Waals surface area contributed by atoms with Gasteiger partial charge in [0.15, 0.2) is 4.34 Å². The SMILES string of the molecule is O=C(CSc1nnc(C(=O)Nc2ccccc2)s1)NCc1cccc(Cl)c1. The fraction of sp³-hybridized carbons (Fsp3) is 0.111. The Morgan fingerprint density at radius 3 is 2.67 bits per heavy atom. The summed E-state index contributed by atoms with van der Waals surface area (Å²) >= 11 is 8.31. The van der Waals surface area contributed by atoms with E-state index in [1.807, 2.05) is 30.3 Å². The van der Waals surface area contributed by atoms with Crippen molar-refractivity contribution in [2.24, 2.45) is 0 Å². The molecule has 3 rings (SSSR count). The Morgan fingerprint density at radius 2 is 1.89 bits per heavy atom. The third-order valence-electron chi connectivity index (χ3n) is 3.34. The van der Waals surface area contributed by atoms with Gasteiger partial charge in [0.05, 0.1) is 5.75 Å². The van der Waals surface area contributed by atoms with E-state index in [2.05, 4.69) is 20.8 Å². The van der Waals surface area contributed by atoms with Gasteiger partial charge in [0, 0.05) is 17.3 Å². The molecule has 9 heteroatoms. The van der Waals surface area contributed by atoms with Gasteiger partial charge in [0.2, 0.25) is 10.9 Å². The van der Waals surface area contributed by atoms with Gasteiger partial charge in [-0.15, -0.1) is 10.2 Å². The number of rotatable bonds is 7. The molecule has 0 unspecified atom stereocenters. The van der Waals surface area contributed by atoms with Crippen LogP contribution in [0.3, 0.4) is 0 Å². The van der Waals surface area contributed by atoms with Crippen molar-refractivity contribution in [3.8, 4) is 0 Å². The van der Waals surface area contributed by atoms with Gasteiger partial charge in [-0.3, -0.25) is 9.59 Å². The number of hydrogen-bond donors (Lipinski definition) is 2. The summed E-state index contributed by atoms with van der Waals surface area (Å²) < 4.78 is 0.561. The number of nitrogens with zero attached hydrogens (tertiary/aromatic N) is 2. The maximum absolute atomic E-state index is 12.1. The number of nitrogens with one attached hydrogen (secondary N) is 2. The van der Waals surface area contributed by atoms with Crippen molar-refractivity contribution >= 4 is 52.2 Å². The second-order valence-corrected chi connectivity index (χ2v) is 8.03. The smallest absolute Gasteiger partial charge is 0.286 e. The average Bonchev–Trinajstić information content (AvgIpc) is 3.15. The molecule has 0 spiro atoms. The number of carbonyl (C=O) groups excluding carboxylic acids is 2. The maximum Gasteiger partial charge on any atom is 0.286 e. The van der Waals surface area contributed by atoms with Crippen LogP contribution >= 0.6 is 34.7 Å². The van der Waals surface area contributed by atoms with Gasteiger partial charge in [-0.1, -0.05) is 65.0 Å². The lowest BCUT2D eigenvalue weighted by molar-refractivity contribution is -0.118. The summed E-state index contributed by atoms with van der Waals surface area (Å²) in [6.45, 7) is 0.404. The van der Waals surface area contributed by atoms with E-state index >= 15 is 0 Å². The molecule has 1 heterocycles. The zero-order valence-electron chi connectivity index (χ0n) is 14.0. The lowest BCUT2D eigenvalue weighted by Crippen LogP contribution is -2.24. The molecule has 2 amide bonds. The highest BCUT2D eigenvalue weighted by atomic mass is 35.5. The van der Waals surface area contributed by atoms with E-state index in [0.29, 0.717) is 21.6 Å². The molecule has 3 aromatic rings. The molecule has 0 radical (unpaired) electrons. The van der Waals surface area contributed by atoms with Gasteiger partial charge < -0.3 is 10.6 Å². The Morgan fingerprint density at radius 1 is 1.07 bits per heavy atom. The Balaban J connectivity index is 1.46. The van der Waals surface area contributed by atoms with Crippen molar-refractivity contribution in [3.05, 3.63) is 70.2 Å². The fourth-order valence-corrected chi connectivity index (χ4v) is 3.88. The Hall–Kier alpha value is -2.42. The predicted molar refractivity (Wildman–Crippen MR) is 108 cm³/mol. The number of anilines is 1. The third kappa shape index (κ3) is 6.06. The average molecular weight is 419 g/mol. The second kappa shape index (κ2) is 9.50. The molecule has 6 nitrogen and oxygen atoms in total. The number of para-hydroxylation sites is 1. The van der Waals surface area contributed by atoms with E-state index in [1.165, 1.54) is 11.8 Å². The number of halogens is 1. The minimum Gasteiger partial charge on any atom is -0.351 e. The van der Waals surface area contributed by atoms with Crippen LogP contribution in [-0.2, 0) is 11.3 Å². The van der Waals surface area contributed by atoms with Crippen LogP contribution in [-0.4, -0.2) is 27.8 Å². The summed E-state index contributed by atoms with van der Waals surface area (Å²) in [5.74, 6) is -0.267. The minimum absolute atomic E-state index is 0.134. The Labute approximate surface area is 169 Å². The Kier molecular flexibility index (Phi) is 6.80. The fourth-order valence-electron chi connectivity index (χ4n) is 2.09. The lowest BCUT2D eigenvalue weighted by atomic mass is 10.2. The second-order valence-electron chi connectivity index (χ2n) is 5.39. The van der Waals surface area contributed by atoms with Crippen LogP contribution in [0.5, 0.6) is 0 Å². The maximum atomic E-state index is 12.1.